The summed E-state index contributed by atoms with van der Waals surface area (Å²) in [4.78, 5) is 0. The molecule has 0 radical (unpaired) electrons. The Morgan fingerprint density at radius 2 is 1.89 bits per heavy atom. The molecule has 4 rings (SSSR count). The number of allylic oxidation sites excluding steroid dienone is 6. The lowest BCUT2D eigenvalue weighted by Crippen LogP contribution is -1.85. The average Bonchev–Trinajstić information content (AvgIpc) is 2.41. The van der Waals surface area contributed by atoms with Crippen LogP contribution in [0.2, 0.25) is 0 Å². The molecule has 0 aromatic rings. The normalized spacial score (nSPS) is 28.7. The molecule has 0 unspecified atom stereocenters. The van der Waals surface area contributed by atoms with Crippen LogP contribution < -0.4 is 0 Å². The maximum absolute atomic E-state index is 2.34. The highest BCUT2D eigenvalue weighted by Gasteiger charge is 2.32. The predicted octanol–water partition coefficient (Wildman–Crippen LogP) is 2.20. The van der Waals surface area contributed by atoms with Crippen molar-refractivity contribution in [3.05, 3.63) is 34.9 Å². The van der Waals surface area contributed by atoms with E-state index >= 15 is 0 Å². The van der Waals surface area contributed by atoms with Crippen molar-refractivity contribution in [2.24, 2.45) is 5.92 Å². The van der Waals surface area contributed by atoms with Crippen molar-refractivity contribution in [3.63, 3.8) is 0 Å². The van der Waals surface area contributed by atoms with Gasteiger partial charge in [-0.05, 0) is 47.6 Å². The molecule has 4 aliphatic carbocycles. The summed E-state index contributed by atoms with van der Waals surface area (Å²) in [6.07, 6.45) is 9.78. The van der Waals surface area contributed by atoms with Gasteiger partial charge in [0.15, 0.2) is 0 Å². The van der Waals surface area contributed by atoms with E-state index in [1.165, 1.54) is 24.0 Å². The highest BCUT2D eigenvalue weighted by molar-refractivity contribution is 5.68. The Bertz CT molecular complexity index is 260. The van der Waals surface area contributed by atoms with Crippen LogP contribution in [0.5, 0.6) is 0 Å². The minimum Gasteiger partial charge on any atom is -0.0508 e. The van der Waals surface area contributed by atoms with Crippen LogP contribution in [-0.2, 0) is 0 Å². The van der Waals surface area contributed by atoms with Crippen LogP contribution in [0.15, 0.2) is 34.9 Å². The van der Waals surface area contributed by atoms with Crippen molar-refractivity contribution in [1.82, 2.24) is 0 Å². The van der Waals surface area contributed by atoms with Gasteiger partial charge in [-0.3, -0.25) is 0 Å². The maximum atomic E-state index is 2.34. The highest BCUT2D eigenvalue weighted by Crippen LogP contribution is 2.47. The van der Waals surface area contributed by atoms with Gasteiger partial charge in [-0.25, -0.2) is 0 Å². The Kier molecular flexibility index (Phi) is 0.484. The van der Waals surface area contributed by atoms with Gasteiger partial charge in [0.25, 0.3) is 0 Å². The van der Waals surface area contributed by atoms with Crippen molar-refractivity contribution in [2.75, 3.05) is 0 Å². The van der Waals surface area contributed by atoms with E-state index in [9.17, 15) is 0 Å². The van der Waals surface area contributed by atoms with E-state index in [-0.39, 0.29) is 0 Å². The van der Waals surface area contributed by atoms with E-state index in [2.05, 4.69) is 18.2 Å². The Labute approximate surface area is 54.6 Å². The fraction of sp³-hybridized carbons (Fsp3) is 0.333. The van der Waals surface area contributed by atoms with E-state index < -0.39 is 0 Å². The lowest BCUT2D eigenvalue weighted by molar-refractivity contribution is 1.04. The molecule has 2 bridgehead atoms. The van der Waals surface area contributed by atoms with Gasteiger partial charge in [-0.15, -0.1) is 0 Å². The first-order valence-corrected chi connectivity index (χ1v) is 3.59. The second kappa shape index (κ2) is 1.06. The molecule has 0 amide bonds. The minimum atomic E-state index is 0.951. The molecule has 0 aliphatic heterocycles. The molecule has 44 valence electrons. The molecule has 9 heavy (non-hydrogen) atoms. The molecule has 0 heteroatoms. The summed E-state index contributed by atoms with van der Waals surface area (Å²) in [5, 5.41) is 0. The number of hydrogen-bond acceptors (Lipinski definition) is 0. The van der Waals surface area contributed by atoms with Crippen LogP contribution in [0.3, 0.4) is 0 Å². The number of rotatable bonds is 1. The summed E-state index contributed by atoms with van der Waals surface area (Å²) >= 11 is 0. The average molecular weight is 116 g/mol. The first-order chi connectivity index (χ1) is 4.43. The molecule has 4 aliphatic rings. The van der Waals surface area contributed by atoms with Gasteiger partial charge in [0.05, 0.1) is 0 Å². The van der Waals surface area contributed by atoms with E-state index in [0.29, 0.717) is 0 Å². The summed E-state index contributed by atoms with van der Waals surface area (Å²) in [6, 6.07) is 0. The molecule has 0 aromatic heterocycles. The maximum Gasteiger partial charge on any atom is -0.0155 e. The van der Waals surface area contributed by atoms with E-state index in [1.54, 1.807) is 5.57 Å². The Hall–Kier alpha value is -0.780. The third-order valence-electron chi connectivity index (χ3n) is 2.32. The summed E-state index contributed by atoms with van der Waals surface area (Å²) in [6.45, 7) is 0. The van der Waals surface area contributed by atoms with E-state index in [0.717, 1.165) is 5.92 Å². The fourth-order valence-corrected chi connectivity index (χ4v) is 1.61. The quantitative estimate of drug-likeness (QED) is 0.492. The van der Waals surface area contributed by atoms with Crippen molar-refractivity contribution < 1.29 is 0 Å². The summed E-state index contributed by atoms with van der Waals surface area (Å²) in [7, 11) is 0. The van der Waals surface area contributed by atoms with Crippen LogP contribution >= 0.6 is 0 Å². The molecule has 1 saturated carbocycles. The van der Waals surface area contributed by atoms with Crippen LogP contribution in [0.25, 0.3) is 0 Å². The molecule has 0 N–H and O–H groups in total. The lowest BCUT2D eigenvalue weighted by Gasteiger charge is -2.02. The molecule has 1 fully saturated rings. The summed E-state index contributed by atoms with van der Waals surface area (Å²) in [5.41, 5.74) is 4.60. The lowest BCUT2D eigenvalue weighted by atomic mass is 10.0. The van der Waals surface area contributed by atoms with Crippen molar-refractivity contribution in [3.8, 4) is 0 Å². The fourth-order valence-electron chi connectivity index (χ4n) is 1.61. The SMILES string of the molecule is C1=C2C=C1C(C1CC1)=C2. The topological polar surface area (TPSA) is 0 Å². The smallest absolute Gasteiger partial charge is 0.0155 e. The van der Waals surface area contributed by atoms with Crippen LogP contribution in [0.1, 0.15) is 12.8 Å². The van der Waals surface area contributed by atoms with Crippen molar-refractivity contribution in [2.45, 2.75) is 12.8 Å². The van der Waals surface area contributed by atoms with Crippen molar-refractivity contribution >= 4 is 0 Å². The molecule has 0 atom stereocenters. The Morgan fingerprint density at radius 1 is 1.11 bits per heavy atom. The largest absolute Gasteiger partial charge is 0.0508 e. The zero-order valence-electron chi connectivity index (χ0n) is 5.22. The molecule has 0 spiro atoms. The zero-order valence-corrected chi connectivity index (χ0v) is 5.22. The van der Waals surface area contributed by atoms with Crippen LogP contribution in [0.4, 0.5) is 0 Å². The third kappa shape index (κ3) is 0.398. The highest BCUT2D eigenvalue weighted by atomic mass is 14.4. The Balaban J connectivity index is 2.02. The zero-order chi connectivity index (χ0) is 5.84. The predicted molar refractivity (Wildman–Crippen MR) is 37.0 cm³/mol. The number of hydrogen-bond donors (Lipinski definition) is 0. The van der Waals surface area contributed by atoms with E-state index in [1.807, 2.05) is 0 Å². The first-order valence-electron chi connectivity index (χ1n) is 3.59. The second-order valence-corrected chi connectivity index (χ2v) is 3.12. The van der Waals surface area contributed by atoms with Gasteiger partial charge < -0.3 is 0 Å². The van der Waals surface area contributed by atoms with Gasteiger partial charge in [-0.1, -0.05) is 6.08 Å². The summed E-state index contributed by atoms with van der Waals surface area (Å²) < 4.78 is 0. The monoisotopic (exact) mass is 116 g/mol. The van der Waals surface area contributed by atoms with Crippen LogP contribution in [-0.4, -0.2) is 0 Å². The molecular weight excluding hydrogens is 108 g/mol. The Morgan fingerprint density at radius 3 is 2.33 bits per heavy atom. The van der Waals surface area contributed by atoms with Gasteiger partial charge in [0.1, 0.15) is 0 Å². The second-order valence-electron chi connectivity index (χ2n) is 3.12. The third-order valence-corrected chi connectivity index (χ3v) is 2.32. The van der Waals surface area contributed by atoms with Gasteiger partial charge in [0.2, 0.25) is 0 Å². The standard InChI is InChI=1S/C9H8/c1-2-7(1)9-5-6-3-8(9)4-6/h3-5,7H,1-2H2. The minimum absolute atomic E-state index is 0.951. The molecule has 0 saturated heterocycles. The molecule has 0 aromatic carbocycles. The van der Waals surface area contributed by atoms with Gasteiger partial charge in [0, 0.05) is 0 Å². The van der Waals surface area contributed by atoms with Crippen LogP contribution in [0, 0.1) is 5.92 Å². The van der Waals surface area contributed by atoms with E-state index in [4.69, 9.17) is 0 Å². The summed E-state index contributed by atoms with van der Waals surface area (Å²) in [5.74, 6) is 0.951. The van der Waals surface area contributed by atoms with Gasteiger partial charge >= 0.3 is 0 Å². The van der Waals surface area contributed by atoms with Crippen molar-refractivity contribution in [1.29, 1.82) is 0 Å². The molecule has 0 heterocycles. The van der Waals surface area contributed by atoms with Gasteiger partial charge in [-0.2, -0.15) is 0 Å². The first kappa shape index (κ1) is 4.10. The molecule has 0 nitrogen and oxygen atoms in total. The molecular formula is C9H8.